The zero-order valence-corrected chi connectivity index (χ0v) is 13.0. The second kappa shape index (κ2) is 6.80. The fraction of sp³-hybridized carbons (Fsp3) is 0.111. The lowest BCUT2D eigenvalue weighted by molar-refractivity contribution is -0.137. The molecule has 2 aromatic carbocycles. The molecule has 3 rings (SSSR count). The van der Waals surface area contributed by atoms with Crippen LogP contribution in [0.2, 0.25) is 0 Å². The Kier molecular flexibility index (Phi) is 4.56. The van der Waals surface area contributed by atoms with Gasteiger partial charge in [-0.2, -0.15) is 13.2 Å². The quantitative estimate of drug-likeness (QED) is 0.750. The molecule has 0 atom stereocenters. The van der Waals surface area contributed by atoms with Crippen LogP contribution in [-0.4, -0.2) is 15.9 Å². The van der Waals surface area contributed by atoms with Crippen molar-refractivity contribution < 1.29 is 18.0 Å². The third-order valence-corrected chi connectivity index (χ3v) is 3.63. The summed E-state index contributed by atoms with van der Waals surface area (Å²) in [6.45, 7) is 0.111. The van der Waals surface area contributed by atoms with Crippen molar-refractivity contribution in [2.45, 2.75) is 12.7 Å². The highest BCUT2D eigenvalue weighted by molar-refractivity contribution is 5.95. The minimum Gasteiger partial charge on any atom is -0.348 e. The molecule has 0 fully saturated rings. The maximum atomic E-state index is 13.0. The molecule has 0 aliphatic heterocycles. The number of H-pyrrole nitrogens is 1. The molecule has 4 nitrogen and oxygen atoms in total. The SMILES string of the molecule is O=C(NCc1cccc(-c2ncc[nH]2)c1)c1ccccc1C(F)(F)F. The van der Waals surface area contributed by atoms with Gasteiger partial charge in [-0.15, -0.1) is 0 Å². The molecule has 0 spiro atoms. The van der Waals surface area contributed by atoms with E-state index in [-0.39, 0.29) is 6.54 Å². The number of alkyl halides is 3. The van der Waals surface area contributed by atoms with E-state index in [1.165, 1.54) is 12.1 Å². The Morgan fingerprint density at radius 2 is 1.92 bits per heavy atom. The number of nitrogens with zero attached hydrogens (tertiary/aromatic N) is 1. The van der Waals surface area contributed by atoms with Crippen LogP contribution in [0.1, 0.15) is 21.5 Å². The van der Waals surface area contributed by atoms with Crippen LogP contribution in [0.25, 0.3) is 11.4 Å². The Morgan fingerprint density at radius 3 is 2.64 bits per heavy atom. The molecule has 0 saturated heterocycles. The fourth-order valence-corrected chi connectivity index (χ4v) is 2.46. The predicted molar refractivity (Wildman–Crippen MR) is 86.6 cm³/mol. The van der Waals surface area contributed by atoms with E-state index in [9.17, 15) is 18.0 Å². The molecule has 0 unspecified atom stereocenters. The molecule has 1 aromatic heterocycles. The number of halogens is 3. The van der Waals surface area contributed by atoms with Crippen LogP contribution in [0.4, 0.5) is 13.2 Å². The Morgan fingerprint density at radius 1 is 1.12 bits per heavy atom. The van der Waals surface area contributed by atoms with Crippen LogP contribution in [0.3, 0.4) is 0 Å². The molecule has 7 heteroatoms. The van der Waals surface area contributed by atoms with Crippen molar-refractivity contribution >= 4 is 5.91 Å². The van der Waals surface area contributed by atoms with E-state index < -0.39 is 23.2 Å². The summed E-state index contributed by atoms with van der Waals surface area (Å²) in [5, 5.41) is 2.53. The van der Waals surface area contributed by atoms with Gasteiger partial charge in [0.25, 0.3) is 5.91 Å². The largest absolute Gasteiger partial charge is 0.417 e. The van der Waals surface area contributed by atoms with Crippen LogP contribution >= 0.6 is 0 Å². The first kappa shape index (κ1) is 16.8. The minimum atomic E-state index is -4.58. The number of aromatic amines is 1. The van der Waals surface area contributed by atoms with Crippen LogP contribution in [0.5, 0.6) is 0 Å². The fourth-order valence-electron chi connectivity index (χ4n) is 2.46. The smallest absolute Gasteiger partial charge is 0.348 e. The standard InChI is InChI=1S/C18H14F3N3O/c19-18(20,21)15-7-2-1-6-14(15)17(25)24-11-12-4-3-5-13(10-12)16-22-8-9-23-16/h1-10H,11H2,(H,22,23)(H,24,25). The Balaban J connectivity index is 1.75. The maximum Gasteiger partial charge on any atom is 0.417 e. The van der Waals surface area contributed by atoms with Gasteiger partial charge in [-0.1, -0.05) is 30.3 Å². The Bertz CT molecular complexity index is 873. The molecule has 0 bridgehead atoms. The zero-order valence-electron chi connectivity index (χ0n) is 13.0. The van der Waals surface area contributed by atoms with Crippen molar-refractivity contribution in [3.63, 3.8) is 0 Å². The van der Waals surface area contributed by atoms with Crippen molar-refractivity contribution in [2.75, 3.05) is 0 Å². The summed E-state index contributed by atoms with van der Waals surface area (Å²) in [6.07, 6.45) is -1.26. The van der Waals surface area contributed by atoms with Gasteiger partial charge < -0.3 is 10.3 Å². The molecule has 0 saturated carbocycles. The predicted octanol–water partition coefficient (Wildman–Crippen LogP) is 4.03. The maximum absolute atomic E-state index is 13.0. The highest BCUT2D eigenvalue weighted by atomic mass is 19.4. The van der Waals surface area contributed by atoms with Gasteiger partial charge in [-0.3, -0.25) is 4.79 Å². The lowest BCUT2D eigenvalue weighted by Crippen LogP contribution is -2.25. The average Bonchev–Trinajstić information content (AvgIpc) is 3.14. The van der Waals surface area contributed by atoms with Gasteiger partial charge >= 0.3 is 6.18 Å². The van der Waals surface area contributed by atoms with Crippen molar-refractivity contribution in [1.82, 2.24) is 15.3 Å². The topological polar surface area (TPSA) is 57.8 Å². The molecule has 0 aliphatic rings. The van der Waals surface area contributed by atoms with Gasteiger partial charge in [-0.05, 0) is 23.8 Å². The van der Waals surface area contributed by atoms with Crippen molar-refractivity contribution in [2.24, 2.45) is 0 Å². The van der Waals surface area contributed by atoms with E-state index in [2.05, 4.69) is 15.3 Å². The molecule has 3 aromatic rings. The molecule has 128 valence electrons. The summed E-state index contributed by atoms with van der Waals surface area (Å²) >= 11 is 0. The van der Waals surface area contributed by atoms with Crippen LogP contribution < -0.4 is 5.32 Å². The van der Waals surface area contributed by atoms with Crippen LogP contribution in [0.15, 0.2) is 60.9 Å². The normalized spacial score (nSPS) is 11.3. The van der Waals surface area contributed by atoms with Gasteiger partial charge in [0.2, 0.25) is 0 Å². The van der Waals surface area contributed by atoms with E-state index in [1.54, 1.807) is 24.5 Å². The van der Waals surface area contributed by atoms with E-state index >= 15 is 0 Å². The summed E-state index contributed by atoms with van der Waals surface area (Å²) in [7, 11) is 0. The Labute approximate surface area is 141 Å². The van der Waals surface area contributed by atoms with Crippen molar-refractivity contribution in [3.8, 4) is 11.4 Å². The summed E-state index contributed by atoms with van der Waals surface area (Å²) in [6, 6.07) is 12.0. The third-order valence-electron chi connectivity index (χ3n) is 3.63. The number of carbonyl (C=O) groups excluding carboxylic acids is 1. The zero-order chi connectivity index (χ0) is 17.9. The number of imidazole rings is 1. The van der Waals surface area contributed by atoms with E-state index in [0.717, 1.165) is 23.3 Å². The van der Waals surface area contributed by atoms with Crippen molar-refractivity contribution in [3.05, 3.63) is 77.6 Å². The summed E-state index contributed by atoms with van der Waals surface area (Å²) in [5.41, 5.74) is 0.244. The minimum absolute atomic E-state index is 0.111. The molecular weight excluding hydrogens is 331 g/mol. The Hall–Kier alpha value is -3.09. The molecule has 2 N–H and O–H groups in total. The van der Waals surface area contributed by atoms with Crippen LogP contribution in [0, 0.1) is 0 Å². The number of rotatable bonds is 4. The summed E-state index contributed by atoms with van der Waals surface area (Å²) < 4.78 is 39.0. The first-order valence-corrected chi connectivity index (χ1v) is 7.48. The van der Waals surface area contributed by atoms with E-state index in [0.29, 0.717) is 5.82 Å². The number of hydrogen-bond acceptors (Lipinski definition) is 2. The number of hydrogen-bond donors (Lipinski definition) is 2. The molecule has 0 radical (unpaired) electrons. The second-order valence-electron chi connectivity index (χ2n) is 5.36. The molecule has 0 aliphatic carbocycles. The number of aromatic nitrogens is 2. The molecule has 1 amide bonds. The van der Waals surface area contributed by atoms with Gasteiger partial charge in [-0.25, -0.2) is 4.98 Å². The third kappa shape index (κ3) is 3.88. The second-order valence-corrected chi connectivity index (χ2v) is 5.36. The number of amides is 1. The highest BCUT2D eigenvalue weighted by Gasteiger charge is 2.34. The average molecular weight is 345 g/mol. The van der Waals surface area contributed by atoms with Gasteiger partial charge in [0.15, 0.2) is 0 Å². The van der Waals surface area contributed by atoms with E-state index in [1.807, 2.05) is 12.1 Å². The summed E-state index contributed by atoms with van der Waals surface area (Å²) in [4.78, 5) is 19.3. The number of benzene rings is 2. The molecule has 1 heterocycles. The molecule has 25 heavy (non-hydrogen) atoms. The number of carbonyl (C=O) groups is 1. The lowest BCUT2D eigenvalue weighted by atomic mass is 10.1. The van der Waals surface area contributed by atoms with Crippen molar-refractivity contribution in [1.29, 1.82) is 0 Å². The lowest BCUT2D eigenvalue weighted by Gasteiger charge is -2.13. The van der Waals surface area contributed by atoms with Gasteiger partial charge in [0.1, 0.15) is 5.82 Å². The monoisotopic (exact) mass is 345 g/mol. The first-order valence-electron chi connectivity index (χ1n) is 7.48. The van der Waals surface area contributed by atoms with Gasteiger partial charge in [0, 0.05) is 24.5 Å². The number of nitrogens with one attached hydrogen (secondary N) is 2. The van der Waals surface area contributed by atoms with Gasteiger partial charge in [0.05, 0.1) is 11.1 Å². The first-order chi connectivity index (χ1) is 11.9. The van der Waals surface area contributed by atoms with Crippen LogP contribution in [-0.2, 0) is 12.7 Å². The summed E-state index contributed by atoms with van der Waals surface area (Å²) in [5.74, 6) is -0.0908. The molecular formula is C18H14F3N3O. The van der Waals surface area contributed by atoms with E-state index in [4.69, 9.17) is 0 Å². The highest BCUT2D eigenvalue weighted by Crippen LogP contribution is 2.31.